The third-order valence-corrected chi connectivity index (χ3v) is 3.94. The average molecular weight is 267 g/mol. The van der Waals surface area contributed by atoms with E-state index in [2.05, 4.69) is 15.3 Å². The fraction of sp³-hybridized carbons (Fsp3) is 0.364. The Labute approximate surface area is 108 Å². The molecule has 0 unspecified atom stereocenters. The van der Waals surface area contributed by atoms with E-state index in [1.807, 2.05) is 19.2 Å². The van der Waals surface area contributed by atoms with Gasteiger partial charge in [0.15, 0.2) is 0 Å². The van der Waals surface area contributed by atoms with Gasteiger partial charge in [0.2, 0.25) is 0 Å². The van der Waals surface area contributed by atoms with Crippen molar-refractivity contribution >= 4 is 28.6 Å². The SMILES string of the molecule is Cc1csc(CCNC(=O)c2csc(C)n2)n1. The van der Waals surface area contributed by atoms with Gasteiger partial charge in [0.25, 0.3) is 5.91 Å². The minimum Gasteiger partial charge on any atom is -0.350 e. The van der Waals surface area contributed by atoms with Gasteiger partial charge in [-0.15, -0.1) is 22.7 Å². The lowest BCUT2D eigenvalue weighted by Gasteiger charge is -2.00. The van der Waals surface area contributed by atoms with Crippen LogP contribution in [-0.2, 0) is 6.42 Å². The quantitative estimate of drug-likeness (QED) is 0.924. The van der Waals surface area contributed by atoms with Crippen molar-refractivity contribution in [1.29, 1.82) is 0 Å². The van der Waals surface area contributed by atoms with Crippen LogP contribution >= 0.6 is 22.7 Å². The van der Waals surface area contributed by atoms with Crippen LogP contribution in [0.2, 0.25) is 0 Å². The number of hydrogen-bond acceptors (Lipinski definition) is 5. The van der Waals surface area contributed by atoms with Crippen molar-refractivity contribution in [2.24, 2.45) is 0 Å². The molecule has 0 atom stereocenters. The molecule has 2 heterocycles. The van der Waals surface area contributed by atoms with Crippen LogP contribution in [0.5, 0.6) is 0 Å². The van der Waals surface area contributed by atoms with Gasteiger partial charge in [0, 0.05) is 29.4 Å². The van der Waals surface area contributed by atoms with Gasteiger partial charge in [-0.2, -0.15) is 0 Å². The molecule has 0 aliphatic rings. The molecule has 0 saturated carbocycles. The minimum absolute atomic E-state index is 0.109. The van der Waals surface area contributed by atoms with E-state index in [4.69, 9.17) is 0 Å². The summed E-state index contributed by atoms with van der Waals surface area (Å²) in [6.07, 6.45) is 0.771. The summed E-state index contributed by atoms with van der Waals surface area (Å²) in [6, 6.07) is 0. The van der Waals surface area contributed by atoms with Crippen LogP contribution in [-0.4, -0.2) is 22.4 Å². The minimum atomic E-state index is -0.109. The standard InChI is InChI=1S/C11H13N3OS2/c1-7-5-17-10(13-7)3-4-12-11(15)9-6-16-8(2)14-9/h5-6H,3-4H2,1-2H3,(H,12,15). The van der Waals surface area contributed by atoms with E-state index >= 15 is 0 Å². The highest BCUT2D eigenvalue weighted by molar-refractivity contribution is 7.10. The molecule has 0 saturated heterocycles. The monoisotopic (exact) mass is 267 g/mol. The molecule has 4 nitrogen and oxygen atoms in total. The predicted octanol–water partition coefficient (Wildman–Crippen LogP) is 2.19. The Morgan fingerprint density at radius 2 is 2.12 bits per heavy atom. The molecule has 1 amide bonds. The fourth-order valence-corrected chi connectivity index (χ4v) is 2.73. The first kappa shape index (κ1) is 12.2. The number of aryl methyl sites for hydroxylation is 2. The van der Waals surface area contributed by atoms with Crippen LogP contribution in [0.1, 0.15) is 26.2 Å². The summed E-state index contributed by atoms with van der Waals surface area (Å²) in [5, 5.41) is 8.59. The van der Waals surface area contributed by atoms with Crippen LogP contribution in [0, 0.1) is 13.8 Å². The first-order valence-electron chi connectivity index (χ1n) is 5.26. The van der Waals surface area contributed by atoms with Crippen LogP contribution in [0.3, 0.4) is 0 Å². The molecule has 17 heavy (non-hydrogen) atoms. The maximum absolute atomic E-state index is 11.7. The van der Waals surface area contributed by atoms with E-state index in [9.17, 15) is 4.79 Å². The second kappa shape index (κ2) is 5.37. The van der Waals surface area contributed by atoms with Crippen molar-refractivity contribution in [2.45, 2.75) is 20.3 Å². The summed E-state index contributed by atoms with van der Waals surface area (Å²) in [5.41, 5.74) is 1.54. The third-order valence-electron chi connectivity index (χ3n) is 2.14. The Bertz CT molecular complexity index is 518. The normalized spacial score (nSPS) is 10.5. The number of carbonyl (C=O) groups excluding carboxylic acids is 1. The molecule has 0 aliphatic carbocycles. The number of nitrogens with one attached hydrogen (secondary N) is 1. The Hall–Kier alpha value is -1.27. The highest BCUT2D eigenvalue weighted by Crippen LogP contribution is 2.09. The zero-order valence-corrected chi connectivity index (χ0v) is 11.3. The zero-order valence-electron chi connectivity index (χ0n) is 9.69. The molecule has 0 aliphatic heterocycles. The Balaban J connectivity index is 1.81. The molecule has 90 valence electrons. The van der Waals surface area contributed by atoms with Crippen molar-refractivity contribution in [3.63, 3.8) is 0 Å². The van der Waals surface area contributed by atoms with Crippen molar-refractivity contribution in [3.8, 4) is 0 Å². The van der Waals surface area contributed by atoms with E-state index in [0.717, 1.165) is 22.1 Å². The highest BCUT2D eigenvalue weighted by Gasteiger charge is 2.08. The molecule has 2 aromatic rings. The van der Waals surface area contributed by atoms with Gasteiger partial charge < -0.3 is 5.32 Å². The number of amides is 1. The maximum Gasteiger partial charge on any atom is 0.270 e. The summed E-state index contributed by atoms with van der Waals surface area (Å²) in [6.45, 7) is 4.46. The van der Waals surface area contributed by atoms with Gasteiger partial charge in [0.05, 0.1) is 10.0 Å². The summed E-state index contributed by atoms with van der Waals surface area (Å²) in [5.74, 6) is -0.109. The largest absolute Gasteiger partial charge is 0.350 e. The van der Waals surface area contributed by atoms with Crippen molar-refractivity contribution < 1.29 is 4.79 Å². The molecule has 2 rings (SSSR count). The number of hydrogen-bond donors (Lipinski definition) is 1. The fourth-order valence-electron chi connectivity index (χ4n) is 1.36. The van der Waals surface area contributed by atoms with Crippen LogP contribution in [0.4, 0.5) is 0 Å². The van der Waals surface area contributed by atoms with E-state index in [1.54, 1.807) is 16.7 Å². The molecule has 2 aromatic heterocycles. The molecular weight excluding hydrogens is 254 g/mol. The van der Waals surface area contributed by atoms with Crippen LogP contribution in [0.25, 0.3) is 0 Å². The number of carbonyl (C=O) groups is 1. The van der Waals surface area contributed by atoms with Crippen LogP contribution < -0.4 is 5.32 Å². The smallest absolute Gasteiger partial charge is 0.270 e. The highest BCUT2D eigenvalue weighted by atomic mass is 32.1. The Morgan fingerprint density at radius 3 is 2.71 bits per heavy atom. The van der Waals surface area contributed by atoms with Crippen molar-refractivity contribution in [3.05, 3.63) is 32.2 Å². The molecule has 6 heteroatoms. The molecule has 0 fully saturated rings. The van der Waals surface area contributed by atoms with Crippen molar-refractivity contribution in [2.75, 3.05) is 6.54 Å². The lowest BCUT2D eigenvalue weighted by molar-refractivity contribution is 0.0949. The summed E-state index contributed by atoms with van der Waals surface area (Å²) in [4.78, 5) is 20.1. The molecule has 0 aromatic carbocycles. The molecule has 1 N–H and O–H groups in total. The average Bonchev–Trinajstić information content (AvgIpc) is 2.88. The van der Waals surface area contributed by atoms with Gasteiger partial charge >= 0.3 is 0 Å². The molecular formula is C11H13N3OS2. The summed E-state index contributed by atoms with van der Waals surface area (Å²) >= 11 is 3.11. The maximum atomic E-state index is 11.7. The molecule has 0 radical (unpaired) electrons. The second-order valence-electron chi connectivity index (χ2n) is 3.64. The number of aromatic nitrogens is 2. The van der Waals surface area contributed by atoms with Gasteiger partial charge in [-0.25, -0.2) is 9.97 Å². The first-order valence-corrected chi connectivity index (χ1v) is 7.02. The Kier molecular flexibility index (Phi) is 3.86. The number of nitrogens with zero attached hydrogens (tertiary/aromatic N) is 2. The lowest BCUT2D eigenvalue weighted by Crippen LogP contribution is -2.25. The third kappa shape index (κ3) is 3.34. The van der Waals surface area contributed by atoms with Gasteiger partial charge in [-0.3, -0.25) is 4.79 Å². The number of thiazole rings is 2. The number of rotatable bonds is 4. The summed E-state index contributed by atoms with van der Waals surface area (Å²) < 4.78 is 0. The van der Waals surface area contributed by atoms with Crippen LogP contribution in [0.15, 0.2) is 10.8 Å². The first-order chi connectivity index (χ1) is 8.15. The van der Waals surface area contributed by atoms with E-state index in [1.165, 1.54) is 11.3 Å². The molecule has 0 spiro atoms. The van der Waals surface area contributed by atoms with E-state index in [0.29, 0.717) is 12.2 Å². The van der Waals surface area contributed by atoms with Crippen molar-refractivity contribution in [1.82, 2.24) is 15.3 Å². The van der Waals surface area contributed by atoms with Gasteiger partial charge in [-0.1, -0.05) is 0 Å². The predicted molar refractivity (Wildman–Crippen MR) is 69.7 cm³/mol. The zero-order chi connectivity index (χ0) is 12.3. The summed E-state index contributed by atoms with van der Waals surface area (Å²) in [7, 11) is 0. The van der Waals surface area contributed by atoms with E-state index < -0.39 is 0 Å². The molecule has 0 bridgehead atoms. The lowest BCUT2D eigenvalue weighted by atomic mass is 10.4. The topological polar surface area (TPSA) is 54.9 Å². The van der Waals surface area contributed by atoms with Gasteiger partial charge in [0.1, 0.15) is 5.69 Å². The second-order valence-corrected chi connectivity index (χ2v) is 5.65. The van der Waals surface area contributed by atoms with Gasteiger partial charge in [-0.05, 0) is 13.8 Å². The van der Waals surface area contributed by atoms with E-state index in [-0.39, 0.29) is 5.91 Å². The Morgan fingerprint density at radius 1 is 1.29 bits per heavy atom.